The van der Waals surface area contributed by atoms with Crippen molar-refractivity contribution < 1.29 is 0 Å². The van der Waals surface area contributed by atoms with Crippen LogP contribution in [-0.2, 0) is 0 Å². The molecule has 0 heterocycles. The molecular weight excluding hydrogens is 460 g/mol. The molecule has 0 aliphatic rings. The van der Waals surface area contributed by atoms with Gasteiger partial charge >= 0.3 is 0 Å². The van der Waals surface area contributed by atoms with Crippen LogP contribution in [0.5, 0.6) is 0 Å². The second-order valence-corrected chi connectivity index (χ2v) is 13.6. The van der Waals surface area contributed by atoms with Gasteiger partial charge in [0.25, 0.3) is 0 Å². The Morgan fingerprint density at radius 2 is 0.743 bits per heavy atom. The van der Waals surface area contributed by atoms with E-state index < -0.39 is 8.07 Å². The van der Waals surface area contributed by atoms with Crippen LogP contribution in [0.2, 0.25) is 0 Å². The molecule has 172 valence electrons. The first-order chi connectivity index (χ1) is 17.3. The number of alkyl halides is 1. The maximum absolute atomic E-state index is 7.24. The number of benzene rings is 5. The monoisotopic (exact) mass is 488 g/mol. The molecule has 0 saturated heterocycles. The Morgan fingerprint density at radius 1 is 0.429 bits per heavy atom. The number of hydrogen-bond donors (Lipinski definition) is 0. The average Bonchev–Trinajstić information content (AvgIpc) is 2.95. The summed E-state index contributed by atoms with van der Waals surface area (Å²) in [6.07, 6.45) is 0.848. The minimum Gasteiger partial charge on any atom is -0.118 e. The average molecular weight is 489 g/mol. The van der Waals surface area contributed by atoms with Crippen molar-refractivity contribution >= 4 is 35.2 Å². The van der Waals surface area contributed by atoms with Crippen LogP contribution in [0.3, 0.4) is 0 Å². The van der Waals surface area contributed by atoms with E-state index in [1.54, 1.807) is 0 Å². The van der Waals surface area contributed by atoms with Crippen LogP contribution in [0, 0.1) is 0 Å². The van der Waals surface area contributed by atoms with Crippen molar-refractivity contribution in [3.8, 4) is 0 Å². The number of halogens is 1. The van der Waals surface area contributed by atoms with Crippen molar-refractivity contribution in [1.29, 1.82) is 0 Å². The summed E-state index contributed by atoms with van der Waals surface area (Å²) >= 11 is 7.24. The molecule has 0 radical (unpaired) electrons. The molecule has 5 rings (SSSR count). The third-order valence-corrected chi connectivity index (χ3v) is 12.8. The Kier molecular flexibility index (Phi) is 7.27. The fourth-order valence-electron chi connectivity index (χ4n) is 5.46. The van der Waals surface area contributed by atoms with Crippen LogP contribution in [-0.4, -0.2) is 8.07 Å². The molecule has 0 fully saturated rings. The molecule has 0 N–H and O–H groups in total. The topological polar surface area (TPSA) is 0 Å². The van der Waals surface area contributed by atoms with E-state index in [0.29, 0.717) is 0 Å². The zero-order chi connectivity index (χ0) is 23.9. The van der Waals surface area contributed by atoms with Gasteiger partial charge in [-0.05, 0) is 38.6 Å². The van der Waals surface area contributed by atoms with Gasteiger partial charge in [-0.2, -0.15) is 0 Å². The maximum atomic E-state index is 7.24. The Labute approximate surface area is 214 Å². The first-order valence-electron chi connectivity index (χ1n) is 12.2. The third-order valence-electron chi connectivity index (χ3n) is 7.02. The first-order valence-corrected chi connectivity index (χ1v) is 14.7. The van der Waals surface area contributed by atoms with Gasteiger partial charge in [-0.25, -0.2) is 0 Å². The minimum atomic E-state index is -2.57. The summed E-state index contributed by atoms with van der Waals surface area (Å²) in [5, 5.41) is 4.12. The summed E-state index contributed by atoms with van der Waals surface area (Å²) in [7, 11) is -2.57. The lowest BCUT2D eigenvalue weighted by Crippen LogP contribution is -2.71. The SMILES string of the molecule is Cl[C@H](C[C@H](c1ccccc1)[Si](c1ccccc1)(c1ccccc1)c1ccccc1)c1ccccc1. The highest BCUT2D eigenvalue weighted by Gasteiger charge is 2.47. The molecule has 2 heteroatoms. The van der Waals surface area contributed by atoms with Crippen LogP contribution in [0.25, 0.3) is 0 Å². The van der Waals surface area contributed by atoms with Gasteiger partial charge in [0, 0.05) is 0 Å². The van der Waals surface area contributed by atoms with Crippen molar-refractivity contribution in [3.63, 3.8) is 0 Å². The molecule has 0 bridgehead atoms. The molecule has 0 amide bonds. The Balaban J connectivity index is 1.81. The molecule has 2 atom stereocenters. The summed E-state index contributed by atoms with van der Waals surface area (Å²) in [5.41, 5.74) is 2.75. The highest BCUT2D eigenvalue weighted by molar-refractivity contribution is 7.12. The fourth-order valence-corrected chi connectivity index (χ4v) is 11.6. The Bertz CT molecular complexity index is 1210. The van der Waals surface area contributed by atoms with E-state index in [0.717, 1.165) is 6.42 Å². The number of rotatable bonds is 8. The van der Waals surface area contributed by atoms with Gasteiger partial charge in [0.15, 0.2) is 8.07 Å². The molecular formula is C33H29ClSi. The van der Waals surface area contributed by atoms with Gasteiger partial charge < -0.3 is 0 Å². The van der Waals surface area contributed by atoms with E-state index in [-0.39, 0.29) is 10.9 Å². The van der Waals surface area contributed by atoms with E-state index in [2.05, 4.69) is 152 Å². The van der Waals surface area contributed by atoms with Crippen molar-refractivity contribution in [3.05, 3.63) is 163 Å². The molecule has 0 aliphatic carbocycles. The fraction of sp³-hybridized carbons (Fsp3) is 0.0909. The molecule has 0 aliphatic heterocycles. The van der Waals surface area contributed by atoms with Gasteiger partial charge in [0.1, 0.15) is 0 Å². The summed E-state index contributed by atoms with van der Waals surface area (Å²) in [4.78, 5) is 0. The highest BCUT2D eigenvalue weighted by Crippen LogP contribution is 2.38. The maximum Gasteiger partial charge on any atom is 0.155 e. The Morgan fingerprint density at radius 3 is 1.11 bits per heavy atom. The van der Waals surface area contributed by atoms with Gasteiger partial charge in [-0.3, -0.25) is 0 Å². The second-order valence-electron chi connectivity index (χ2n) is 8.98. The molecule has 5 aromatic carbocycles. The molecule has 0 spiro atoms. The predicted octanol–water partition coefficient (Wildman–Crippen LogP) is 6.85. The number of hydrogen-bond acceptors (Lipinski definition) is 0. The van der Waals surface area contributed by atoms with Crippen molar-refractivity contribution in [1.82, 2.24) is 0 Å². The lowest BCUT2D eigenvalue weighted by Gasteiger charge is -2.42. The minimum absolute atomic E-state index is 0.0931. The highest BCUT2D eigenvalue weighted by atomic mass is 35.5. The van der Waals surface area contributed by atoms with Crippen LogP contribution in [0.15, 0.2) is 152 Å². The molecule has 0 nitrogen and oxygen atoms in total. The second kappa shape index (κ2) is 10.9. The van der Waals surface area contributed by atoms with Gasteiger partial charge in [0.05, 0.1) is 5.38 Å². The molecule has 5 aromatic rings. The lowest BCUT2D eigenvalue weighted by atomic mass is 10.0. The van der Waals surface area contributed by atoms with Crippen molar-refractivity contribution in [2.24, 2.45) is 0 Å². The van der Waals surface area contributed by atoms with E-state index >= 15 is 0 Å². The van der Waals surface area contributed by atoms with Crippen LogP contribution in [0.4, 0.5) is 0 Å². The smallest absolute Gasteiger partial charge is 0.118 e. The van der Waals surface area contributed by atoms with Crippen molar-refractivity contribution in [2.45, 2.75) is 17.3 Å². The van der Waals surface area contributed by atoms with E-state index in [9.17, 15) is 0 Å². The van der Waals surface area contributed by atoms with Crippen LogP contribution < -0.4 is 15.6 Å². The zero-order valence-electron chi connectivity index (χ0n) is 19.7. The molecule has 35 heavy (non-hydrogen) atoms. The van der Waals surface area contributed by atoms with E-state index in [4.69, 9.17) is 11.6 Å². The summed E-state index contributed by atoms with van der Waals surface area (Å²) < 4.78 is 0. The lowest BCUT2D eigenvalue weighted by molar-refractivity contribution is 0.753. The third kappa shape index (κ3) is 4.75. The summed E-state index contributed by atoms with van der Waals surface area (Å²) in [6, 6.07) is 54.9. The van der Waals surface area contributed by atoms with Gasteiger partial charge in [0.2, 0.25) is 0 Å². The van der Waals surface area contributed by atoms with E-state index in [1.807, 2.05) is 0 Å². The summed E-state index contributed by atoms with van der Waals surface area (Å²) in [6.45, 7) is 0. The molecule has 0 unspecified atom stereocenters. The van der Waals surface area contributed by atoms with Gasteiger partial charge in [-0.15, -0.1) is 11.6 Å². The van der Waals surface area contributed by atoms with Gasteiger partial charge in [-0.1, -0.05) is 152 Å². The normalized spacial score (nSPS) is 13.2. The standard InChI is InChI=1S/C33H29ClSi/c34-32(27-16-6-1-7-17-27)26-33(28-18-8-2-9-19-28)35(29-20-10-3-11-21-29,30-22-12-4-13-23-30)31-24-14-5-15-25-31/h1-25,32-33H,26H2/t32-,33-/m1/s1. The predicted molar refractivity (Wildman–Crippen MR) is 153 cm³/mol. The molecule has 0 aromatic heterocycles. The van der Waals surface area contributed by atoms with Crippen LogP contribution >= 0.6 is 11.6 Å². The quantitative estimate of drug-likeness (QED) is 0.127. The molecule has 0 saturated carbocycles. The largest absolute Gasteiger partial charge is 0.155 e. The van der Waals surface area contributed by atoms with Crippen LogP contribution in [0.1, 0.15) is 28.5 Å². The first kappa shape index (κ1) is 23.4. The summed E-state index contributed by atoms with van der Waals surface area (Å²) in [5.74, 6) is 0. The van der Waals surface area contributed by atoms with Crippen molar-refractivity contribution in [2.75, 3.05) is 0 Å². The zero-order valence-corrected chi connectivity index (χ0v) is 21.4. The van der Waals surface area contributed by atoms with E-state index in [1.165, 1.54) is 26.7 Å². The Hall–Kier alpha value is -3.39.